The Morgan fingerprint density at radius 1 is 1.03 bits per heavy atom. The molecule has 1 radical (unpaired) electrons. The lowest BCUT2D eigenvalue weighted by Crippen LogP contribution is -2.32. The zero-order valence-electron chi connectivity index (χ0n) is 20.4. The molecule has 1 N–H and O–H groups in total. The van der Waals surface area contributed by atoms with Gasteiger partial charge in [0.15, 0.2) is 9.84 Å². The van der Waals surface area contributed by atoms with Crippen LogP contribution in [0.3, 0.4) is 0 Å². The number of nitrogens with one attached hydrogen (secondary N) is 1. The van der Waals surface area contributed by atoms with E-state index in [-0.39, 0.29) is 10.8 Å². The Morgan fingerprint density at radius 2 is 1.72 bits per heavy atom. The highest BCUT2D eigenvalue weighted by Crippen LogP contribution is 2.32. The number of hydrogen-bond acceptors (Lipinski definition) is 6. The van der Waals surface area contributed by atoms with Gasteiger partial charge in [0.25, 0.3) is 5.91 Å². The van der Waals surface area contributed by atoms with Crippen molar-refractivity contribution in [1.29, 1.82) is 0 Å². The number of aromatic nitrogens is 1. The van der Waals surface area contributed by atoms with Crippen LogP contribution in [0.1, 0.15) is 47.2 Å². The lowest BCUT2D eigenvalue weighted by atomic mass is 9.89. The van der Waals surface area contributed by atoms with Crippen molar-refractivity contribution < 1.29 is 13.2 Å². The van der Waals surface area contributed by atoms with Gasteiger partial charge in [-0.3, -0.25) is 4.79 Å². The topological polar surface area (TPSA) is 93.5 Å². The van der Waals surface area contributed by atoms with Crippen LogP contribution in [0, 0.1) is 0 Å². The molecule has 1 amide bonds. The van der Waals surface area contributed by atoms with Gasteiger partial charge in [0.1, 0.15) is 5.82 Å². The molecule has 7 nitrogen and oxygen atoms in total. The number of amides is 1. The van der Waals surface area contributed by atoms with Crippen molar-refractivity contribution >= 4 is 33.3 Å². The first kappa shape index (κ1) is 24.2. The summed E-state index contributed by atoms with van der Waals surface area (Å²) in [5.41, 5.74) is 4.70. The lowest BCUT2D eigenvalue weighted by molar-refractivity contribution is 0.0965. The maximum Gasteiger partial charge on any atom is 0.281 e. The zero-order chi connectivity index (χ0) is 25.3. The summed E-state index contributed by atoms with van der Waals surface area (Å²) in [4.78, 5) is 20.1. The summed E-state index contributed by atoms with van der Waals surface area (Å²) in [6.45, 7) is 5.58. The Balaban J connectivity index is 1.43. The molecule has 2 aromatic carbocycles. The number of pyridine rings is 1. The zero-order valence-corrected chi connectivity index (χ0v) is 21.3. The Hall–Kier alpha value is -3.49. The fourth-order valence-electron chi connectivity index (χ4n) is 4.84. The summed E-state index contributed by atoms with van der Waals surface area (Å²) in [7, 11) is -3.29. The number of likely N-dealkylation sites (tertiary alicyclic amines) is 1. The molecule has 2 aliphatic heterocycles. The number of carbonyl (C=O) groups excluding carboxylic acids is 1. The molecule has 36 heavy (non-hydrogen) atoms. The number of rotatable bonds is 6. The maximum atomic E-state index is 12.6. The van der Waals surface area contributed by atoms with E-state index in [0.29, 0.717) is 28.6 Å². The van der Waals surface area contributed by atoms with Gasteiger partial charge in [-0.15, -0.1) is 0 Å². The van der Waals surface area contributed by atoms with Crippen LogP contribution >= 0.6 is 0 Å². The van der Waals surface area contributed by atoms with Crippen LogP contribution in [0.2, 0.25) is 0 Å². The van der Waals surface area contributed by atoms with E-state index in [4.69, 9.17) is 4.98 Å². The van der Waals surface area contributed by atoms with Crippen LogP contribution in [-0.4, -0.2) is 50.1 Å². The highest BCUT2D eigenvalue weighted by molar-refractivity contribution is 7.90. The number of carbonyl (C=O) groups is 1. The van der Waals surface area contributed by atoms with Gasteiger partial charge < -0.3 is 10.2 Å². The van der Waals surface area contributed by atoms with Gasteiger partial charge in [0.05, 0.1) is 16.2 Å². The van der Waals surface area contributed by atoms with Gasteiger partial charge in [-0.2, -0.15) is 0 Å². The second-order valence-electron chi connectivity index (χ2n) is 9.32. The van der Waals surface area contributed by atoms with Crippen LogP contribution < -0.4 is 10.6 Å². The minimum atomic E-state index is -3.29. The molecule has 0 atom stereocenters. The fraction of sp³-hybridized carbons (Fsp3) is 0.286. The summed E-state index contributed by atoms with van der Waals surface area (Å²) in [5.74, 6) is 0.647. The van der Waals surface area contributed by atoms with E-state index in [1.165, 1.54) is 18.0 Å². The standard InChI is InChI=1S/C28H29N4O3S/c1-3-32-16-13-20(14-17-32)19-4-8-23(9-5-19)30-27-26-22(12-15-29-28(26)33)18-25(31-27)21-6-10-24(11-7-21)36(2,34)35/h4-12,15,18,20H,3,13-14,16-17H2,1-2H3,(H,30,31). The Morgan fingerprint density at radius 3 is 2.36 bits per heavy atom. The summed E-state index contributed by atoms with van der Waals surface area (Å²) in [5, 5.41) is 7.26. The minimum absolute atomic E-state index is 0.247. The Bertz CT molecular complexity index is 1410. The molecule has 1 fully saturated rings. The van der Waals surface area contributed by atoms with Crippen molar-refractivity contribution in [3.8, 4) is 11.3 Å². The van der Waals surface area contributed by atoms with Crippen LogP contribution in [0.15, 0.2) is 65.7 Å². The van der Waals surface area contributed by atoms with Crippen molar-refractivity contribution in [2.24, 2.45) is 0 Å². The SMILES string of the molecule is CCN1CCC(c2ccc(Nc3nc(-c4ccc(S(C)(=O)=O)cc4)cc4c3C(=O)[N]C=C4)cc2)CC1. The highest BCUT2D eigenvalue weighted by Gasteiger charge is 2.23. The highest BCUT2D eigenvalue weighted by atomic mass is 32.2. The second kappa shape index (κ2) is 9.87. The van der Waals surface area contributed by atoms with Crippen molar-refractivity contribution in [3.63, 3.8) is 0 Å². The normalized spacial score (nSPS) is 16.4. The number of anilines is 2. The molecule has 3 heterocycles. The van der Waals surface area contributed by atoms with Gasteiger partial charge in [0.2, 0.25) is 0 Å². The Kier molecular flexibility index (Phi) is 6.64. The number of piperidine rings is 1. The molecule has 0 bridgehead atoms. The number of fused-ring (bicyclic) bond motifs is 1. The quantitative estimate of drug-likeness (QED) is 0.520. The fourth-order valence-corrected chi connectivity index (χ4v) is 5.47. The molecule has 3 aromatic rings. The lowest BCUT2D eigenvalue weighted by Gasteiger charge is -2.31. The van der Waals surface area contributed by atoms with E-state index in [1.807, 2.05) is 18.2 Å². The van der Waals surface area contributed by atoms with Crippen LogP contribution in [0.25, 0.3) is 17.3 Å². The third-order valence-electron chi connectivity index (χ3n) is 6.97. The van der Waals surface area contributed by atoms with E-state index in [1.54, 1.807) is 30.3 Å². The van der Waals surface area contributed by atoms with Crippen molar-refractivity contribution in [2.75, 3.05) is 31.2 Å². The van der Waals surface area contributed by atoms with Crippen molar-refractivity contribution in [1.82, 2.24) is 15.2 Å². The first-order valence-corrected chi connectivity index (χ1v) is 14.1. The molecule has 1 saturated heterocycles. The molecular formula is C28H29N4O3S. The monoisotopic (exact) mass is 501 g/mol. The number of sulfone groups is 1. The Labute approximate surface area is 212 Å². The van der Waals surface area contributed by atoms with Gasteiger partial charge >= 0.3 is 0 Å². The van der Waals surface area contributed by atoms with Crippen LogP contribution in [-0.2, 0) is 9.84 Å². The number of hydrogen-bond donors (Lipinski definition) is 1. The third kappa shape index (κ3) is 5.05. The molecule has 8 heteroatoms. The first-order valence-electron chi connectivity index (χ1n) is 12.2. The molecular weight excluding hydrogens is 472 g/mol. The van der Waals surface area contributed by atoms with Crippen LogP contribution in [0.4, 0.5) is 11.5 Å². The maximum absolute atomic E-state index is 12.6. The smallest absolute Gasteiger partial charge is 0.281 e. The minimum Gasteiger partial charge on any atom is -0.340 e. The van der Waals surface area contributed by atoms with Crippen molar-refractivity contribution in [2.45, 2.75) is 30.6 Å². The van der Waals surface area contributed by atoms with E-state index in [9.17, 15) is 13.2 Å². The average Bonchev–Trinajstić information content (AvgIpc) is 2.89. The first-order chi connectivity index (χ1) is 17.3. The average molecular weight is 502 g/mol. The van der Waals surface area contributed by atoms with Gasteiger partial charge in [-0.05, 0) is 85.9 Å². The largest absolute Gasteiger partial charge is 0.340 e. The van der Waals surface area contributed by atoms with Crippen molar-refractivity contribution in [3.05, 3.63) is 77.5 Å². The predicted octanol–water partition coefficient (Wildman–Crippen LogP) is 4.82. The summed E-state index contributed by atoms with van der Waals surface area (Å²) < 4.78 is 23.7. The molecule has 1 aromatic heterocycles. The molecule has 0 saturated carbocycles. The number of benzene rings is 2. The van der Waals surface area contributed by atoms with E-state index < -0.39 is 9.84 Å². The molecule has 2 aliphatic rings. The summed E-state index contributed by atoms with van der Waals surface area (Å²) in [6, 6.07) is 16.8. The predicted molar refractivity (Wildman–Crippen MR) is 142 cm³/mol. The van der Waals surface area contributed by atoms with E-state index in [2.05, 4.69) is 34.6 Å². The molecule has 0 spiro atoms. The molecule has 5 rings (SSSR count). The van der Waals surface area contributed by atoms with Gasteiger partial charge in [-0.1, -0.05) is 31.2 Å². The third-order valence-corrected chi connectivity index (χ3v) is 8.10. The van der Waals surface area contributed by atoms with Crippen LogP contribution in [0.5, 0.6) is 0 Å². The molecule has 0 aliphatic carbocycles. The number of nitrogens with zero attached hydrogens (tertiary/aromatic N) is 3. The molecule has 0 unspecified atom stereocenters. The summed E-state index contributed by atoms with van der Waals surface area (Å²) in [6.07, 6.45) is 6.78. The van der Waals surface area contributed by atoms with Gasteiger partial charge in [0, 0.05) is 23.7 Å². The van der Waals surface area contributed by atoms with E-state index >= 15 is 0 Å². The van der Waals surface area contributed by atoms with Gasteiger partial charge in [-0.25, -0.2) is 18.7 Å². The van der Waals surface area contributed by atoms with E-state index in [0.717, 1.165) is 43.7 Å². The second-order valence-corrected chi connectivity index (χ2v) is 11.3. The molecule has 185 valence electrons. The summed E-state index contributed by atoms with van der Waals surface area (Å²) >= 11 is 0.